The molecule has 1 aliphatic heterocycles. The monoisotopic (exact) mass is 687 g/mol. The van der Waals surface area contributed by atoms with Crippen molar-refractivity contribution in [2.45, 2.75) is 33.4 Å². The third kappa shape index (κ3) is 6.57. The summed E-state index contributed by atoms with van der Waals surface area (Å²) < 4.78 is 25.3. The molecule has 230 valence electrons. The maximum absolute atomic E-state index is 14.0. The van der Waals surface area contributed by atoms with E-state index in [4.69, 9.17) is 18.9 Å². The van der Waals surface area contributed by atoms with Crippen LogP contribution in [-0.2, 0) is 16.1 Å². The Kier molecular flexibility index (Phi) is 9.86. The van der Waals surface area contributed by atoms with Crippen LogP contribution in [0.25, 0.3) is 6.08 Å². The summed E-state index contributed by atoms with van der Waals surface area (Å²) in [6.07, 6.45) is 1.78. The summed E-state index contributed by atoms with van der Waals surface area (Å²) in [6.45, 7) is 6.22. The van der Waals surface area contributed by atoms with E-state index in [0.29, 0.717) is 54.5 Å². The summed E-state index contributed by atoms with van der Waals surface area (Å²) in [7, 11) is 1.54. The van der Waals surface area contributed by atoms with Crippen LogP contribution in [0.5, 0.6) is 17.2 Å². The first-order valence-electron chi connectivity index (χ1n) is 14.2. The lowest BCUT2D eigenvalue weighted by atomic mass is 9.95. The Bertz CT molecular complexity index is 2010. The van der Waals surface area contributed by atoms with Crippen molar-refractivity contribution in [1.82, 2.24) is 4.57 Å². The first-order valence-corrected chi connectivity index (χ1v) is 15.8. The number of aromatic nitrogens is 1. The number of benzene rings is 3. The van der Waals surface area contributed by atoms with Crippen molar-refractivity contribution >= 4 is 39.3 Å². The standard InChI is InChI=1S/C34H30BrN3O6S/c1-5-42-28-17-26(35)25(16-27(28)41-4)31-30(33(40)43-6-2)20(3)37-34-38(31)32(39)29(45-34)15-21-11-13-24(14-12-21)44-19-23-10-8-7-9-22(23)18-36/h7-17,31H,5-6,19H2,1-4H3/b29-15+/t31-/m1/s1. The third-order valence-electron chi connectivity index (χ3n) is 7.10. The average Bonchev–Trinajstić information content (AvgIpc) is 3.34. The quantitative estimate of drug-likeness (QED) is 0.205. The van der Waals surface area contributed by atoms with Gasteiger partial charge >= 0.3 is 5.97 Å². The highest BCUT2D eigenvalue weighted by atomic mass is 79.9. The van der Waals surface area contributed by atoms with Gasteiger partial charge in [0, 0.05) is 10.0 Å². The van der Waals surface area contributed by atoms with Crippen molar-refractivity contribution in [3.05, 3.63) is 118 Å². The molecular weight excluding hydrogens is 658 g/mol. The molecule has 1 aliphatic rings. The number of thiazole rings is 1. The Labute approximate surface area is 272 Å². The smallest absolute Gasteiger partial charge is 0.338 e. The number of carbonyl (C=O) groups is 1. The second kappa shape index (κ2) is 14.0. The van der Waals surface area contributed by atoms with Crippen LogP contribution in [0.4, 0.5) is 0 Å². The van der Waals surface area contributed by atoms with Gasteiger partial charge in [0.25, 0.3) is 5.56 Å². The van der Waals surface area contributed by atoms with Gasteiger partial charge < -0.3 is 18.9 Å². The fourth-order valence-electron chi connectivity index (χ4n) is 5.00. The van der Waals surface area contributed by atoms with Gasteiger partial charge in [-0.05, 0) is 68.3 Å². The summed E-state index contributed by atoms with van der Waals surface area (Å²) in [5, 5.41) is 9.32. The Morgan fingerprint density at radius 2 is 1.84 bits per heavy atom. The molecule has 1 aromatic heterocycles. The van der Waals surface area contributed by atoms with Crippen molar-refractivity contribution in [1.29, 1.82) is 5.26 Å². The van der Waals surface area contributed by atoms with Gasteiger partial charge in [-0.3, -0.25) is 9.36 Å². The number of halogens is 1. The molecule has 5 rings (SSSR count). The molecular formula is C34H30BrN3O6S. The van der Waals surface area contributed by atoms with Crippen LogP contribution in [0.1, 0.15) is 49.1 Å². The normalized spacial score (nSPS) is 14.3. The van der Waals surface area contributed by atoms with E-state index in [1.807, 2.05) is 49.4 Å². The Balaban J connectivity index is 1.55. The first kappa shape index (κ1) is 31.8. The molecule has 0 unspecified atom stereocenters. The number of hydrogen-bond acceptors (Lipinski definition) is 9. The van der Waals surface area contributed by atoms with E-state index in [9.17, 15) is 14.9 Å². The van der Waals surface area contributed by atoms with E-state index < -0.39 is 12.0 Å². The second-order valence-corrected chi connectivity index (χ2v) is 11.7. The molecule has 0 N–H and O–H groups in total. The fourth-order valence-corrected chi connectivity index (χ4v) is 6.59. The zero-order valence-electron chi connectivity index (χ0n) is 25.1. The van der Waals surface area contributed by atoms with E-state index in [2.05, 4.69) is 27.0 Å². The average molecular weight is 689 g/mol. The highest BCUT2D eigenvalue weighted by Crippen LogP contribution is 2.41. The van der Waals surface area contributed by atoms with Crippen molar-refractivity contribution in [3.63, 3.8) is 0 Å². The molecule has 0 bridgehead atoms. The summed E-state index contributed by atoms with van der Waals surface area (Å²) in [4.78, 5) is 32.5. The molecule has 0 fully saturated rings. The predicted molar refractivity (Wildman–Crippen MR) is 174 cm³/mol. The maximum atomic E-state index is 14.0. The number of rotatable bonds is 10. The molecule has 4 aromatic rings. The zero-order valence-corrected chi connectivity index (χ0v) is 27.5. The van der Waals surface area contributed by atoms with Gasteiger partial charge in [0.2, 0.25) is 0 Å². The van der Waals surface area contributed by atoms with E-state index in [-0.39, 0.29) is 24.3 Å². The van der Waals surface area contributed by atoms with Gasteiger partial charge in [0.15, 0.2) is 16.3 Å². The minimum Gasteiger partial charge on any atom is -0.493 e. The largest absolute Gasteiger partial charge is 0.493 e. The highest BCUT2D eigenvalue weighted by molar-refractivity contribution is 9.10. The van der Waals surface area contributed by atoms with E-state index >= 15 is 0 Å². The summed E-state index contributed by atoms with van der Waals surface area (Å²) >= 11 is 4.88. The molecule has 11 heteroatoms. The third-order valence-corrected chi connectivity index (χ3v) is 8.77. The van der Waals surface area contributed by atoms with Crippen LogP contribution in [-0.4, -0.2) is 30.9 Å². The number of esters is 1. The lowest BCUT2D eigenvalue weighted by Crippen LogP contribution is -2.40. The molecule has 0 amide bonds. The van der Waals surface area contributed by atoms with Crippen LogP contribution in [0.2, 0.25) is 0 Å². The van der Waals surface area contributed by atoms with Crippen LogP contribution in [0, 0.1) is 11.3 Å². The molecule has 0 radical (unpaired) electrons. The van der Waals surface area contributed by atoms with E-state index in [1.54, 1.807) is 38.1 Å². The van der Waals surface area contributed by atoms with Crippen LogP contribution < -0.4 is 29.1 Å². The van der Waals surface area contributed by atoms with E-state index in [1.165, 1.54) is 23.0 Å². The van der Waals surface area contributed by atoms with Gasteiger partial charge in [-0.2, -0.15) is 5.26 Å². The second-order valence-electron chi connectivity index (χ2n) is 9.89. The van der Waals surface area contributed by atoms with Crippen LogP contribution >= 0.6 is 27.3 Å². The van der Waals surface area contributed by atoms with Crippen LogP contribution in [0.3, 0.4) is 0 Å². The topological polar surface area (TPSA) is 112 Å². The summed E-state index contributed by atoms with van der Waals surface area (Å²) in [6, 6.07) is 19.5. The number of nitrogens with zero attached hydrogens (tertiary/aromatic N) is 3. The number of carbonyl (C=O) groups excluding carboxylic acids is 1. The Morgan fingerprint density at radius 1 is 1.09 bits per heavy atom. The number of ether oxygens (including phenoxy) is 4. The van der Waals surface area contributed by atoms with Crippen LogP contribution in [0.15, 0.2) is 86.2 Å². The van der Waals surface area contributed by atoms with Gasteiger partial charge in [-0.1, -0.05) is 57.6 Å². The molecule has 0 spiro atoms. The molecule has 2 heterocycles. The fraction of sp³-hybridized carbons (Fsp3) is 0.235. The lowest BCUT2D eigenvalue weighted by Gasteiger charge is -2.26. The zero-order chi connectivity index (χ0) is 32.1. The van der Waals surface area contributed by atoms with Gasteiger partial charge in [-0.25, -0.2) is 9.79 Å². The number of methoxy groups -OCH3 is 1. The minimum absolute atomic E-state index is 0.172. The Morgan fingerprint density at radius 3 is 2.53 bits per heavy atom. The molecule has 0 saturated carbocycles. The van der Waals surface area contributed by atoms with Gasteiger partial charge in [-0.15, -0.1) is 0 Å². The molecule has 0 saturated heterocycles. The van der Waals surface area contributed by atoms with Gasteiger partial charge in [0.1, 0.15) is 12.4 Å². The number of hydrogen-bond donors (Lipinski definition) is 0. The SMILES string of the molecule is CCOC(=O)C1=C(C)N=c2s/c(=C/c3ccc(OCc4ccccc4C#N)cc3)c(=O)n2[C@@H]1c1cc(OC)c(OCC)cc1Br. The molecule has 9 nitrogen and oxygen atoms in total. The molecule has 3 aromatic carbocycles. The van der Waals surface area contributed by atoms with Crippen molar-refractivity contribution < 1.29 is 23.7 Å². The number of allylic oxidation sites excluding steroid dienone is 1. The predicted octanol–water partition coefficient (Wildman–Crippen LogP) is 5.42. The van der Waals surface area contributed by atoms with Crippen molar-refractivity contribution in [2.24, 2.45) is 4.99 Å². The minimum atomic E-state index is -0.825. The molecule has 0 aliphatic carbocycles. The number of fused-ring (bicyclic) bond motifs is 1. The highest BCUT2D eigenvalue weighted by Gasteiger charge is 2.35. The molecule has 1 atom stereocenters. The Hall–Kier alpha value is -4.66. The molecule has 45 heavy (non-hydrogen) atoms. The summed E-state index contributed by atoms with van der Waals surface area (Å²) in [5.41, 5.74) is 3.21. The van der Waals surface area contributed by atoms with E-state index in [0.717, 1.165) is 11.1 Å². The van der Waals surface area contributed by atoms with Crippen molar-refractivity contribution in [3.8, 4) is 23.3 Å². The lowest BCUT2D eigenvalue weighted by molar-refractivity contribution is -0.139. The first-order chi connectivity index (χ1) is 21.8. The van der Waals surface area contributed by atoms with Gasteiger partial charge in [0.05, 0.1) is 53.8 Å². The maximum Gasteiger partial charge on any atom is 0.338 e. The number of nitriles is 1. The summed E-state index contributed by atoms with van der Waals surface area (Å²) in [5.74, 6) is 1.08. The van der Waals surface area contributed by atoms with Crippen molar-refractivity contribution in [2.75, 3.05) is 20.3 Å².